The van der Waals surface area contributed by atoms with E-state index in [2.05, 4.69) is 31.4 Å². The van der Waals surface area contributed by atoms with E-state index >= 15 is 0 Å². The summed E-state index contributed by atoms with van der Waals surface area (Å²) in [4.78, 5) is 12.3. The zero-order valence-corrected chi connectivity index (χ0v) is 18.8. The summed E-state index contributed by atoms with van der Waals surface area (Å²) in [7, 11) is 1.91. The summed E-state index contributed by atoms with van der Waals surface area (Å²) in [6.45, 7) is 1.94. The third-order valence-corrected chi connectivity index (χ3v) is 6.46. The highest BCUT2D eigenvalue weighted by Gasteiger charge is 2.19. The van der Waals surface area contributed by atoms with Gasteiger partial charge in [-0.15, -0.1) is 10.2 Å². The van der Waals surface area contributed by atoms with E-state index in [1.807, 2.05) is 42.8 Å². The highest BCUT2D eigenvalue weighted by atomic mass is 79.9. The summed E-state index contributed by atoms with van der Waals surface area (Å²) in [6.07, 6.45) is 6.92. The number of rotatable bonds is 7. The number of nitrogens with one attached hydrogen (secondary N) is 1. The Labute approximate surface area is 179 Å². The van der Waals surface area contributed by atoms with E-state index in [0.29, 0.717) is 11.8 Å². The van der Waals surface area contributed by atoms with Gasteiger partial charge in [0.2, 0.25) is 5.91 Å². The van der Waals surface area contributed by atoms with Gasteiger partial charge in [0.15, 0.2) is 17.1 Å². The lowest BCUT2D eigenvalue weighted by atomic mass is 10.1. The molecule has 0 bridgehead atoms. The van der Waals surface area contributed by atoms with Crippen molar-refractivity contribution in [2.24, 2.45) is 7.05 Å². The second-order valence-electron chi connectivity index (χ2n) is 7.16. The number of halogens is 1. The lowest BCUT2D eigenvalue weighted by Gasteiger charge is -2.16. The van der Waals surface area contributed by atoms with Gasteiger partial charge < -0.3 is 14.6 Å². The van der Waals surface area contributed by atoms with Crippen LogP contribution in [0.1, 0.15) is 57.4 Å². The molecule has 1 N–H and O–H groups in total. The minimum atomic E-state index is -0.243. The maximum atomic E-state index is 12.3. The van der Waals surface area contributed by atoms with Crippen molar-refractivity contribution in [3.63, 3.8) is 0 Å². The Kier molecular flexibility index (Phi) is 7.79. The molecule has 2 aromatic rings. The van der Waals surface area contributed by atoms with E-state index in [4.69, 9.17) is 4.74 Å². The van der Waals surface area contributed by atoms with Crippen molar-refractivity contribution in [1.82, 2.24) is 20.1 Å². The molecule has 8 heteroatoms. The summed E-state index contributed by atoms with van der Waals surface area (Å²) < 4.78 is 8.86. The van der Waals surface area contributed by atoms with Gasteiger partial charge in [0.25, 0.3) is 0 Å². The normalized spacial score (nSPS) is 16.4. The Hall–Kier alpha value is -1.54. The first-order valence-electron chi connectivity index (χ1n) is 9.76. The number of carbonyl (C=O) groups is 1. The first-order chi connectivity index (χ1) is 13.5. The number of hydrogen-bond acceptors (Lipinski definition) is 5. The average Bonchev–Trinajstić information content (AvgIpc) is 2.87. The molecule has 0 radical (unpaired) electrons. The summed E-state index contributed by atoms with van der Waals surface area (Å²) in [5, 5.41) is 12.4. The van der Waals surface area contributed by atoms with Crippen molar-refractivity contribution in [3.8, 4) is 5.75 Å². The summed E-state index contributed by atoms with van der Waals surface area (Å²) in [5.41, 5.74) is 0. The predicted molar refractivity (Wildman–Crippen MR) is 115 cm³/mol. The van der Waals surface area contributed by atoms with Crippen molar-refractivity contribution in [2.45, 2.75) is 62.8 Å². The highest BCUT2D eigenvalue weighted by Crippen LogP contribution is 2.25. The number of thioether (sulfide) groups is 1. The largest absolute Gasteiger partial charge is 0.483 e. The molecule has 0 saturated heterocycles. The van der Waals surface area contributed by atoms with Crippen LogP contribution < -0.4 is 10.1 Å². The van der Waals surface area contributed by atoms with Crippen LogP contribution in [0.3, 0.4) is 0 Å². The van der Waals surface area contributed by atoms with Crippen LogP contribution in [0, 0.1) is 0 Å². The Morgan fingerprint density at radius 2 is 1.93 bits per heavy atom. The van der Waals surface area contributed by atoms with Crippen LogP contribution >= 0.6 is 27.7 Å². The fourth-order valence-electron chi connectivity index (χ4n) is 3.40. The number of ether oxygens (including phenoxy) is 1. The molecular weight excluding hydrogens is 440 g/mol. The number of carbonyl (C=O) groups excluding carboxylic acids is 1. The van der Waals surface area contributed by atoms with Crippen LogP contribution in [-0.2, 0) is 11.8 Å². The molecule has 28 heavy (non-hydrogen) atoms. The molecule has 0 spiro atoms. The number of aromatic nitrogens is 3. The molecule has 1 fully saturated rings. The van der Waals surface area contributed by atoms with Crippen LogP contribution in [0.25, 0.3) is 0 Å². The average molecular weight is 467 g/mol. The van der Waals surface area contributed by atoms with Gasteiger partial charge >= 0.3 is 0 Å². The summed E-state index contributed by atoms with van der Waals surface area (Å²) in [6, 6.07) is 8.01. The predicted octanol–water partition coefficient (Wildman–Crippen LogP) is 4.65. The Morgan fingerprint density at radius 3 is 2.61 bits per heavy atom. The standard InChI is InChI=1S/C20H27BrN4O2S/c1-14(27-17-11-9-15(21)10-12-17)19-23-24-20(25(19)2)28-13-18(26)22-16-7-5-3-4-6-8-16/h9-12,14,16H,3-8,13H2,1-2H3,(H,22,26). The molecule has 1 aromatic heterocycles. The second kappa shape index (κ2) is 10.3. The molecule has 1 aliphatic rings. The zero-order valence-electron chi connectivity index (χ0n) is 16.4. The highest BCUT2D eigenvalue weighted by molar-refractivity contribution is 9.10. The molecule has 1 aromatic carbocycles. The van der Waals surface area contributed by atoms with Crippen molar-refractivity contribution < 1.29 is 9.53 Å². The maximum absolute atomic E-state index is 12.3. The van der Waals surface area contributed by atoms with Crippen LogP contribution in [0.15, 0.2) is 33.9 Å². The van der Waals surface area contributed by atoms with E-state index in [-0.39, 0.29) is 12.0 Å². The fraction of sp³-hybridized carbons (Fsp3) is 0.550. The lowest BCUT2D eigenvalue weighted by Crippen LogP contribution is -2.35. The topological polar surface area (TPSA) is 69.0 Å². The SMILES string of the molecule is CC(Oc1ccc(Br)cc1)c1nnc(SCC(=O)NC2CCCCCC2)n1C. The fourth-order valence-corrected chi connectivity index (χ4v) is 4.39. The molecule has 1 heterocycles. The van der Waals surface area contributed by atoms with Gasteiger partial charge in [0, 0.05) is 17.6 Å². The smallest absolute Gasteiger partial charge is 0.230 e. The van der Waals surface area contributed by atoms with E-state index in [1.54, 1.807) is 0 Å². The lowest BCUT2D eigenvalue weighted by molar-refractivity contribution is -0.119. The number of amides is 1. The molecule has 3 rings (SSSR count). The van der Waals surface area contributed by atoms with Gasteiger partial charge in [0.1, 0.15) is 5.75 Å². The van der Waals surface area contributed by atoms with Gasteiger partial charge in [-0.2, -0.15) is 0 Å². The van der Waals surface area contributed by atoms with Crippen LogP contribution in [-0.4, -0.2) is 32.5 Å². The van der Waals surface area contributed by atoms with Crippen LogP contribution in [0.2, 0.25) is 0 Å². The molecule has 1 saturated carbocycles. The van der Waals surface area contributed by atoms with E-state index < -0.39 is 0 Å². The van der Waals surface area contributed by atoms with Gasteiger partial charge in [0.05, 0.1) is 5.75 Å². The minimum absolute atomic E-state index is 0.0700. The van der Waals surface area contributed by atoms with Crippen molar-refractivity contribution in [3.05, 3.63) is 34.6 Å². The third kappa shape index (κ3) is 5.98. The quantitative estimate of drug-likeness (QED) is 0.474. The van der Waals surface area contributed by atoms with Crippen molar-refractivity contribution in [2.75, 3.05) is 5.75 Å². The van der Waals surface area contributed by atoms with Crippen molar-refractivity contribution in [1.29, 1.82) is 0 Å². The number of nitrogens with zero attached hydrogens (tertiary/aromatic N) is 3. The minimum Gasteiger partial charge on any atom is -0.483 e. The Morgan fingerprint density at radius 1 is 1.25 bits per heavy atom. The summed E-state index contributed by atoms with van der Waals surface area (Å²) >= 11 is 4.83. The molecule has 1 atom stereocenters. The van der Waals surface area contributed by atoms with Gasteiger partial charge in [-0.3, -0.25) is 4.79 Å². The molecule has 6 nitrogen and oxygen atoms in total. The molecule has 0 aliphatic heterocycles. The van der Waals surface area contributed by atoms with Gasteiger partial charge in [-0.25, -0.2) is 0 Å². The first kappa shape index (κ1) is 21.2. The number of hydrogen-bond donors (Lipinski definition) is 1. The monoisotopic (exact) mass is 466 g/mol. The Bertz CT molecular complexity index is 773. The van der Waals surface area contributed by atoms with Crippen LogP contribution in [0.5, 0.6) is 5.75 Å². The van der Waals surface area contributed by atoms with Crippen molar-refractivity contribution >= 4 is 33.6 Å². The zero-order chi connectivity index (χ0) is 19.9. The molecule has 1 unspecified atom stereocenters. The second-order valence-corrected chi connectivity index (χ2v) is 9.02. The van der Waals surface area contributed by atoms with E-state index in [1.165, 1.54) is 37.4 Å². The summed E-state index contributed by atoms with van der Waals surface area (Å²) in [5.74, 6) is 1.93. The van der Waals surface area contributed by atoms with Crippen LogP contribution in [0.4, 0.5) is 0 Å². The molecule has 1 amide bonds. The molecule has 1 aliphatic carbocycles. The van der Waals surface area contributed by atoms with E-state index in [9.17, 15) is 4.79 Å². The molecule has 152 valence electrons. The number of benzene rings is 1. The Balaban J connectivity index is 1.52. The van der Waals surface area contributed by atoms with E-state index in [0.717, 1.165) is 34.0 Å². The molecular formula is C20H27BrN4O2S. The van der Waals surface area contributed by atoms with Gasteiger partial charge in [-0.05, 0) is 44.0 Å². The first-order valence-corrected chi connectivity index (χ1v) is 11.5. The third-order valence-electron chi connectivity index (χ3n) is 4.91. The van der Waals surface area contributed by atoms with Gasteiger partial charge in [-0.1, -0.05) is 53.4 Å². The maximum Gasteiger partial charge on any atom is 0.230 e.